The Bertz CT molecular complexity index is 927. The van der Waals surface area contributed by atoms with Gasteiger partial charge >= 0.3 is 6.43 Å². The minimum Gasteiger partial charge on any atom is -0.415 e. The number of halogens is 2. The van der Waals surface area contributed by atoms with Gasteiger partial charge in [-0.05, 0) is 11.6 Å². The van der Waals surface area contributed by atoms with Gasteiger partial charge in [-0.1, -0.05) is 30.3 Å². The van der Waals surface area contributed by atoms with Crippen LogP contribution in [0.1, 0.15) is 33.9 Å². The maximum atomic E-state index is 12.6. The van der Waals surface area contributed by atoms with E-state index in [1.165, 1.54) is 6.20 Å². The number of amides is 1. The smallest absolute Gasteiger partial charge is 0.314 e. The van der Waals surface area contributed by atoms with Gasteiger partial charge in [-0.15, -0.1) is 10.2 Å². The molecule has 1 amide bonds. The first kappa shape index (κ1) is 15.4. The van der Waals surface area contributed by atoms with Gasteiger partial charge in [0.05, 0.1) is 23.4 Å². The quantitative estimate of drug-likeness (QED) is 0.728. The molecule has 1 aliphatic heterocycles. The van der Waals surface area contributed by atoms with E-state index in [1.54, 1.807) is 11.0 Å². The first-order valence-corrected chi connectivity index (χ1v) is 7.56. The molecule has 1 aromatic carbocycles. The second kappa shape index (κ2) is 6.04. The number of fused-ring (bicyclic) bond motifs is 1. The summed E-state index contributed by atoms with van der Waals surface area (Å²) in [6.07, 6.45) is -1.40. The fourth-order valence-electron chi connectivity index (χ4n) is 2.72. The van der Waals surface area contributed by atoms with Crippen molar-refractivity contribution in [1.29, 1.82) is 0 Å². The Balaban J connectivity index is 1.59. The number of rotatable bonds is 4. The molecule has 8 heteroatoms. The molecule has 25 heavy (non-hydrogen) atoms. The SMILES string of the molecule is O=C1c2cc(-c3nnc(C(F)F)o3)cnc2CN1Cc1ccccc1. The zero-order valence-electron chi connectivity index (χ0n) is 12.9. The molecule has 2 aromatic heterocycles. The topological polar surface area (TPSA) is 72.1 Å². The van der Waals surface area contributed by atoms with Crippen LogP contribution in [0, 0.1) is 0 Å². The van der Waals surface area contributed by atoms with Gasteiger partial charge in [0, 0.05) is 12.7 Å². The maximum absolute atomic E-state index is 12.6. The molecule has 0 radical (unpaired) electrons. The summed E-state index contributed by atoms with van der Waals surface area (Å²) in [4.78, 5) is 18.5. The number of nitrogens with zero attached hydrogens (tertiary/aromatic N) is 4. The molecule has 0 N–H and O–H groups in total. The van der Waals surface area contributed by atoms with Crippen LogP contribution in [0.2, 0.25) is 0 Å². The van der Waals surface area contributed by atoms with Crippen LogP contribution in [-0.2, 0) is 13.1 Å². The lowest BCUT2D eigenvalue weighted by Crippen LogP contribution is -2.23. The number of benzene rings is 1. The van der Waals surface area contributed by atoms with E-state index < -0.39 is 12.3 Å². The molecule has 3 heterocycles. The van der Waals surface area contributed by atoms with Crippen molar-refractivity contribution in [3.8, 4) is 11.5 Å². The predicted molar refractivity (Wildman–Crippen MR) is 82.5 cm³/mol. The Kier molecular flexibility index (Phi) is 3.72. The summed E-state index contributed by atoms with van der Waals surface area (Å²) in [5.74, 6) is -1.01. The van der Waals surface area contributed by atoms with E-state index >= 15 is 0 Å². The van der Waals surface area contributed by atoms with Crippen molar-refractivity contribution in [1.82, 2.24) is 20.1 Å². The molecule has 0 bridgehead atoms. The summed E-state index contributed by atoms with van der Waals surface area (Å²) in [6, 6.07) is 11.2. The summed E-state index contributed by atoms with van der Waals surface area (Å²) in [5.41, 5.74) is 2.42. The van der Waals surface area contributed by atoms with Crippen molar-refractivity contribution >= 4 is 5.91 Å². The number of aromatic nitrogens is 3. The minimum absolute atomic E-state index is 0.0834. The molecule has 0 atom stereocenters. The fourth-order valence-corrected chi connectivity index (χ4v) is 2.72. The van der Waals surface area contributed by atoms with Gasteiger partial charge in [0.1, 0.15) is 0 Å². The minimum atomic E-state index is -2.84. The fraction of sp³-hybridized carbons (Fsp3) is 0.176. The monoisotopic (exact) mass is 342 g/mol. The maximum Gasteiger partial charge on any atom is 0.314 e. The number of carbonyl (C=O) groups is 1. The average Bonchev–Trinajstić information content (AvgIpc) is 3.22. The third-order valence-electron chi connectivity index (χ3n) is 3.92. The highest BCUT2D eigenvalue weighted by atomic mass is 19.3. The highest BCUT2D eigenvalue weighted by molar-refractivity contribution is 5.98. The van der Waals surface area contributed by atoms with Crippen LogP contribution >= 0.6 is 0 Å². The second-order valence-corrected chi connectivity index (χ2v) is 5.61. The van der Waals surface area contributed by atoms with Gasteiger partial charge in [0.15, 0.2) is 0 Å². The lowest BCUT2D eigenvalue weighted by atomic mass is 10.1. The average molecular weight is 342 g/mol. The van der Waals surface area contributed by atoms with Crippen molar-refractivity contribution in [2.45, 2.75) is 19.5 Å². The van der Waals surface area contributed by atoms with Crippen LogP contribution < -0.4 is 0 Å². The molecule has 0 saturated carbocycles. The Morgan fingerprint density at radius 2 is 2.00 bits per heavy atom. The predicted octanol–water partition coefficient (Wildman–Crippen LogP) is 3.23. The summed E-state index contributed by atoms with van der Waals surface area (Å²) < 4.78 is 30.0. The van der Waals surface area contributed by atoms with E-state index in [0.717, 1.165) is 5.56 Å². The third-order valence-corrected chi connectivity index (χ3v) is 3.92. The van der Waals surface area contributed by atoms with Crippen LogP contribution in [0.4, 0.5) is 8.78 Å². The Labute approximate surface area is 141 Å². The molecular weight excluding hydrogens is 330 g/mol. The van der Waals surface area contributed by atoms with E-state index in [9.17, 15) is 13.6 Å². The molecular formula is C17H12F2N4O2. The van der Waals surface area contributed by atoms with Crippen LogP contribution in [0.15, 0.2) is 47.0 Å². The molecule has 1 aliphatic rings. The van der Waals surface area contributed by atoms with Crippen molar-refractivity contribution in [3.05, 3.63) is 65.3 Å². The summed E-state index contributed by atoms with van der Waals surface area (Å²) >= 11 is 0. The number of alkyl halides is 2. The van der Waals surface area contributed by atoms with Gasteiger partial charge in [-0.3, -0.25) is 9.78 Å². The first-order chi connectivity index (χ1) is 12.1. The summed E-state index contributed by atoms with van der Waals surface area (Å²) in [5, 5.41) is 6.87. The van der Waals surface area contributed by atoms with Crippen molar-refractivity contribution in [3.63, 3.8) is 0 Å². The van der Waals surface area contributed by atoms with Crippen LogP contribution in [0.25, 0.3) is 11.5 Å². The second-order valence-electron chi connectivity index (χ2n) is 5.61. The summed E-state index contributed by atoms with van der Waals surface area (Å²) in [6.45, 7) is 0.872. The highest BCUT2D eigenvalue weighted by Crippen LogP contribution is 2.28. The van der Waals surface area contributed by atoms with E-state index in [0.29, 0.717) is 29.9 Å². The van der Waals surface area contributed by atoms with Gasteiger partial charge in [-0.25, -0.2) is 0 Å². The lowest BCUT2D eigenvalue weighted by Gasteiger charge is -2.14. The zero-order valence-corrected chi connectivity index (χ0v) is 12.9. The van der Waals surface area contributed by atoms with E-state index in [2.05, 4.69) is 15.2 Å². The zero-order chi connectivity index (χ0) is 17.4. The molecule has 0 saturated heterocycles. The van der Waals surface area contributed by atoms with Crippen molar-refractivity contribution in [2.75, 3.05) is 0 Å². The molecule has 0 unspecified atom stereocenters. The Hall–Kier alpha value is -3.16. The standard InChI is InChI=1S/C17H12F2N4O2/c18-14(19)16-22-21-15(25-16)11-6-12-13(20-7-11)9-23(17(12)24)8-10-4-2-1-3-5-10/h1-7,14H,8-9H2. The van der Waals surface area contributed by atoms with Gasteiger partial charge < -0.3 is 9.32 Å². The third kappa shape index (κ3) is 2.86. The van der Waals surface area contributed by atoms with Crippen LogP contribution in [-0.4, -0.2) is 26.0 Å². The highest BCUT2D eigenvalue weighted by Gasteiger charge is 2.29. The Morgan fingerprint density at radius 1 is 1.20 bits per heavy atom. The van der Waals surface area contributed by atoms with Crippen LogP contribution in [0.5, 0.6) is 0 Å². The lowest BCUT2D eigenvalue weighted by molar-refractivity contribution is 0.0766. The molecule has 4 rings (SSSR count). The number of hydrogen-bond donors (Lipinski definition) is 0. The normalized spacial score (nSPS) is 13.6. The van der Waals surface area contributed by atoms with E-state index in [1.807, 2.05) is 30.3 Å². The summed E-state index contributed by atoms with van der Waals surface area (Å²) in [7, 11) is 0. The van der Waals surface area contributed by atoms with Crippen molar-refractivity contribution in [2.24, 2.45) is 0 Å². The van der Waals surface area contributed by atoms with Gasteiger partial charge in [0.25, 0.3) is 11.8 Å². The Morgan fingerprint density at radius 3 is 2.72 bits per heavy atom. The van der Waals surface area contributed by atoms with Gasteiger partial charge in [0.2, 0.25) is 5.89 Å². The van der Waals surface area contributed by atoms with Crippen LogP contribution in [0.3, 0.4) is 0 Å². The molecule has 126 valence electrons. The number of pyridine rings is 1. The molecule has 0 spiro atoms. The van der Waals surface area contributed by atoms with Crippen molar-refractivity contribution < 1.29 is 18.0 Å². The van der Waals surface area contributed by atoms with E-state index in [-0.39, 0.29) is 11.8 Å². The number of hydrogen-bond acceptors (Lipinski definition) is 5. The molecule has 0 aliphatic carbocycles. The largest absolute Gasteiger partial charge is 0.415 e. The van der Waals surface area contributed by atoms with Gasteiger partial charge in [-0.2, -0.15) is 8.78 Å². The number of carbonyl (C=O) groups excluding carboxylic acids is 1. The van der Waals surface area contributed by atoms with E-state index in [4.69, 9.17) is 4.42 Å². The molecule has 0 fully saturated rings. The first-order valence-electron chi connectivity index (χ1n) is 7.56. The molecule has 6 nitrogen and oxygen atoms in total. The molecule has 3 aromatic rings.